The molecule has 4 heteroatoms. The fourth-order valence-corrected chi connectivity index (χ4v) is 3.45. The quantitative estimate of drug-likeness (QED) is 0.799. The van der Waals surface area contributed by atoms with Crippen molar-refractivity contribution < 1.29 is 4.79 Å². The lowest BCUT2D eigenvalue weighted by Gasteiger charge is -2.20. The number of hydrogen-bond acceptors (Lipinski definition) is 2. The first-order valence-electron chi connectivity index (χ1n) is 8.11. The maximum atomic E-state index is 11.9. The number of nitrogens with two attached hydrogens (primary N) is 1. The SMILES string of the molecule is Cc1c(C)c(C)c(Cn2c(C(N)=O)cc3ccncc32)c(C)c1C. The molecule has 24 heavy (non-hydrogen) atoms. The van der Waals surface area contributed by atoms with E-state index in [0.717, 1.165) is 10.9 Å². The van der Waals surface area contributed by atoms with E-state index >= 15 is 0 Å². The van der Waals surface area contributed by atoms with Gasteiger partial charge in [0.25, 0.3) is 5.91 Å². The molecule has 4 nitrogen and oxygen atoms in total. The molecule has 0 bridgehead atoms. The predicted octanol–water partition coefficient (Wildman–Crippen LogP) is 3.73. The molecule has 0 unspecified atom stereocenters. The van der Waals surface area contributed by atoms with E-state index in [4.69, 9.17) is 5.73 Å². The highest BCUT2D eigenvalue weighted by Gasteiger charge is 2.17. The van der Waals surface area contributed by atoms with Crippen molar-refractivity contribution in [1.29, 1.82) is 0 Å². The Balaban J connectivity index is 2.25. The molecule has 0 spiro atoms. The van der Waals surface area contributed by atoms with Gasteiger partial charge in [-0.2, -0.15) is 0 Å². The summed E-state index contributed by atoms with van der Waals surface area (Å²) in [5.74, 6) is -0.415. The van der Waals surface area contributed by atoms with Crippen LogP contribution in [0.5, 0.6) is 0 Å². The normalized spacial score (nSPS) is 11.2. The first-order chi connectivity index (χ1) is 11.3. The van der Waals surface area contributed by atoms with E-state index in [2.05, 4.69) is 39.6 Å². The lowest BCUT2D eigenvalue weighted by molar-refractivity contribution is 0.0992. The highest BCUT2D eigenvalue weighted by molar-refractivity contribution is 5.97. The van der Waals surface area contributed by atoms with E-state index in [1.54, 1.807) is 12.4 Å². The molecule has 0 saturated heterocycles. The topological polar surface area (TPSA) is 60.9 Å². The van der Waals surface area contributed by atoms with Gasteiger partial charge in [-0.05, 0) is 80.1 Å². The summed E-state index contributed by atoms with van der Waals surface area (Å²) < 4.78 is 1.98. The molecule has 2 aromatic heterocycles. The molecule has 3 aromatic rings. The second-order valence-electron chi connectivity index (χ2n) is 6.52. The summed E-state index contributed by atoms with van der Waals surface area (Å²) >= 11 is 0. The van der Waals surface area contributed by atoms with E-state index in [1.165, 1.54) is 33.4 Å². The Morgan fingerprint density at radius 1 is 1.04 bits per heavy atom. The number of rotatable bonds is 3. The third kappa shape index (κ3) is 2.39. The largest absolute Gasteiger partial charge is 0.364 e. The Kier molecular flexibility index (Phi) is 3.91. The minimum atomic E-state index is -0.415. The predicted molar refractivity (Wildman–Crippen MR) is 97.5 cm³/mol. The summed E-state index contributed by atoms with van der Waals surface area (Å²) in [4.78, 5) is 16.1. The van der Waals surface area contributed by atoms with Crippen LogP contribution in [0.25, 0.3) is 10.9 Å². The van der Waals surface area contributed by atoms with E-state index in [1.807, 2.05) is 16.7 Å². The number of primary amides is 1. The van der Waals surface area contributed by atoms with Crippen molar-refractivity contribution in [2.45, 2.75) is 41.2 Å². The van der Waals surface area contributed by atoms with Gasteiger partial charge < -0.3 is 10.3 Å². The van der Waals surface area contributed by atoms with E-state index < -0.39 is 5.91 Å². The third-order valence-corrected chi connectivity index (χ3v) is 5.43. The second-order valence-corrected chi connectivity index (χ2v) is 6.52. The van der Waals surface area contributed by atoms with Crippen LogP contribution in [0.3, 0.4) is 0 Å². The zero-order valence-electron chi connectivity index (χ0n) is 14.9. The lowest BCUT2D eigenvalue weighted by atomic mass is 9.89. The van der Waals surface area contributed by atoms with Crippen LogP contribution >= 0.6 is 0 Å². The van der Waals surface area contributed by atoms with Crippen molar-refractivity contribution in [3.05, 3.63) is 63.6 Å². The van der Waals surface area contributed by atoms with Gasteiger partial charge in [0.15, 0.2) is 0 Å². The molecular formula is C20H23N3O. The number of pyridine rings is 1. The van der Waals surface area contributed by atoms with Gasteiger partial charge in [-0.25, -0.2) is 0 Å². The minimum absolute atomic E-state index is 0.415. The van der Waals surface area contributed by atoms with Crippen molar-refractivity contribution in [3.63, 3.8) is 0 Å². The first kappa shape index (κ1) is 16.2. The Morgan fingerprint density at radius 3 is 2.21 bits per heavy atom. The van der Waals surface area contributed by atoms with Crippen LogP contribution in [0.2, 0.25) is 0 Å². The van der Waals surface area contributed by atoms with Crippen molar-refractivity contribution >= 4 is 16.8 Å². The number of aromatic nitrogens is 2. The van der Waals surface area contributed by atoms with Crippen LogP contribution in [0.15, 0.2) is 24.5 Å². The molecule has 0 aliphatic rings. The molecule has 0 saturated carbocycles. The summed E-state index contributed by atoms with van der Waals surface area (Å²) in [6.07, 6.45) is 3.52. The lowest BCUT2D eigenvalue weighted by Crippen LogP contribution is -2.18. The number of hydrogen-bond donors (Lipinski definition) is 1. The average molecular weight is 321 g/mol. The number of fused-ring (bicyclic) bond motifs is 1. The number of nitrogens with zero attached hydrogens (tertiary/aromatic N) is 2. The molecule has 0 fully saturated rings. The maximum absolute atomic E-state index is 11.9. The molecule has 0 aliphatic heterocycles. The van der Waals surface area contributed by atoms with E-state index in [9.17, 15) is 4.79 Å². The summed E-state index contributed by atoms with van der Waals surface area (Å²) in [6, 6.07) is 3.75. The molecule has 124 valence electrons. The Bertz CT molecular complexity index is 938. The van der Waals surface area contributed by atoms with Crippen molar-refractivity contribution in [2.24, 2.45) is 5.73 Å². The smallest absolute Gasteiger partial charge is 0.265 e. The van der Waals surface area contributed by atoms with Gasteiger partial charge >= 0.3 is 0 Å². The molecule has 3 rings (SSSR count). The summed E-state index contributed by atoms with van der Waals surface area (Å²) in [5, 5.41) is 0.981. The van der Waals surface area contributed by atoms with E-state index in [0.29, 0.717) is 12.2 Å². The monoisotopic (exact) mass is 321 g/mol. The highest BCUT2D eigenvalue weighted by Crippen LogP contribution is 2.28. The number of amides is 1. The van der Waals surface area contributed by atoms with Gasteiger partial charge in [-0.1, -0.05) is 0 Å². The Hall–Kier alpha value is -2.62. The third-order valence-electron chi connectivity index (χ3n) is 5.43. The molecular weight excluding hydrogens is 298 g/mol. The Labute approximate surface area is 142 Å². The standard InChI is InChI=1S/C20H23N3O/c1-11-12(2)14(4)17(15(5)13(11)3)10-23-18(20(21)24)8-16-6-7-22-9-19(16)23/h6-9H,10H2,1-5H3,(H2,21,24). The van der Waals surface area contributed by atoms with Crippen molar-refractivity contribution in [2.75, 3.05) is 0 Å². The minimum Gasteiger partial charge on any atom is -0.364 e. The van der Waals surface area contributed by atoms with Gasteiger partial charge in [-0.15, -0.1) is 0 Å². The van der Waals surface area contributed by atoms with Gasteiger partial charge in [0.05, 0.1) is 11.7 Å². The van der Waals surface area contributed by atoms with Gasteiger partial charge in [-0.3, -0.25) is 9.78 Å². The Morgan fingerprint density at radius 2 is 1.62 bits per heavy atom. The fraction of sp³-hybridized carbons (Fsp3) is 0.300. The van der Waals surface area contributed by atoms with Crippen molar-refractivity contribution in [1.82, 2.24) is 9.55 Å². The molecule has 1 amide bonds. The van der Waals surface area contributed by atoms with Crippen LogP contribution < -0.4 is 5.73 Å². The number of carbonyl (C=O) groups is 1. The molecule has 2 N–H and O–H groups in total. The van der Waals surface area contributed by atoms with Crippen LogP contribution in [0.1, 0.15) is 43.9 Å². The molecule has 1 aromatic carbocycles. The second kappa shape index (κ2) is 5.78. The van der Waals surface area contributed by atoms with Crippen LogP contribution in [-0.4, -0.2) is 15.5 Å². The van der Waals surface area contributed by atoms with Gasteiger partial charge in [0, 0.05) is 18.1 Å². The van der Waals surface area contributed by atoms with Gasteiger partial charge in [0.1, 0.15) is 5.69 Å². The van der Waals surface area contributed by atoms with Gasteiger partial charge in [0.2, 0.25) is 0 Å². The molecule has 0 radical (unpaired) electrons. The zero-order valence-corrected chi connectivity index (χ0v) is 14.9. The molecule has 2 heterocycles. The highest BCUT2D eigenvalue weighted by atomic mass is 16.1. The summed E-state index contributed by atoms with van der Waals surface area (Å²) in [6.45, 7) is 11.4. The molecule has 0 aliphatic carbocycles. The van der Waals surface area contributed by atoms with Crippen molar-refractivity contribution in [3.8, 4) is 0 Å². The zero-order chi connectivity index (χ0) is 17.6. The first-order valence-corrected chi connectivity index (χ1v) is 8.11. The van der Waals surface area contributed by atoms with Crippen LogP contribution in [-0.2, 0) is 6.54 Å². The summed E-state index contributed by atoms with van der Waals surface area (Å²) in [5.41, 5.74) is 14.8. The molecule has 0 atom stereocenters. The summed E-state index contributed by atoms with van der Waals surface area (Å²) in [7, 11) is 0. The average Bonchev–Trinajstić information content (AvgIpc) is 2.94. The van der Waals surface area contributed by atoms with Crippen LogP contribution in [0, 0.1) is 34.6 Å². The fourth-order valence-electron chi connectivity index (χ4n) is 3.45. The maximum Gasteiger partial charge on any atom is 0.265 e. The number of benzene rings is 1. The van der Waals surface area contributed by atoms with E-state index in [-0.39, 0.29) is 0 Å². The number of carbonyl (C=O) groups excluding carboxylic acids is 1. The van der Waals surface area contributed by atoms with Crippen LogP contribution in [0.4, 0.5) is 0 Å².